The lowest BCUT2D eigenvalue weighted by Gasteiger charge is -2.18. The number of aromatic nitrogens is 1. The SMILES string of the molecule is CCC(C)CC(C)n1cccc1C=O. The molecule has 0 spiro atoms. The average Bonchev–Trinajstić information content (AvgIpc) is 2.65. The molecular weight excluding hydrogens is 174 g/mol. The molecule has 0 fully saturated rings. The predicted molar refractivity (Wildman–Crippen MR) is 58.6 cm³/mol. The highest BCUT2D eigenvalue weighted by Crippen LogP contribution is 2.20. The van der Waals surface area contributed by atoms with E-state index in [2.05, 4.69) is 25.3 Å². The summed E-state index contributed by atoms with van der Waals surface area (Å²) in [5.74, 6) is 0.715. The smallest absolute Gasteiger partial charge is 0.166 e. The Morgan fingerprint density at radius 2 is 2.21 bits per heavy atom. The molecule has 2 atom stereocenters. The molecule has 1 heterocycles. The Kier molecular flexibility index (Phi) is 3.93. The number of rotatable bonds is 5. The van der Waals surface area contributed by atoms with Crippen molar-refractivity contribution in [3.63, 3.8) is 0 Å². The average molecular weight is 193 g/mol. The predicted octanol–water partition coefficient (Wildman–Crippen LogP) is 3.30. The molecule has 0 saturated carbocycles. The van der Waals surface area contributed by atoms with E-state index >= 15 is 0 Å². The van der Waals surface area contributed by atoms with E-state index in [1.807, 2.05) is 18.3 Å². The zero-order valence-electron chi connectivity index (χ0n) is 9.23. The first-order chi connectivity index (χ1) is 6.69. The van der Waals surface area contributed by atoms with Crippen LogP contribution in [-0.4, -0.2) is 10.9 Å². The second-order valence-electron chi connectivity index (χ2n) is 4.06. The lowest BCUT2D eigenvalue weighted by atomic mass is 10.0. The molecule has 0 radical (unpaired) electrons. The van der Waals surface area contributed by atoms with E-state index in [4.69, 9.17) is 0 Å². The van der Waals surface area contributed by atoms with Gasteiger partial charge in [-0.15, -0.1) is 0 Å². The monoisotopic (exact) mass is 193 g/mol. The first-order valence-corrected chi connectivity index (χ1v) is 5.31. The Bertz CT molecular complexity index is 290. The second kappa shape index (κ2) is 4.99. The van der Waals surface area contributed by atoms with Gasteiger partial charge in [-0.25, -0.2) is 0 Å². The maximum absolute atomic E-state index is 10.7. The normalized spacial score (nSPS) is 15.1. The van der Waals surface area contributed by atoms with Crippen LogP contribution in [0.25, 0.3) is 0 Å². The van der Waals surface area contributed by atoms with Crippen molar-refractivity contribution in [1.82, 2.24) is 4.57 Å². The molecule has 2 heteroatoms. The molecular formula is C12H19NO. The molecule has 0 bridgehead atoms. The summed E-state index contributed by atoms with van der Waals surface area (Å²) < 4.78 is 2.05. The summed E-state index contributed by atoms with van der Waals surface area (Å²) in [7, 11) is 0. The van der Waals surface area contributed by atoms with Crippen LogP contribution in [0.5, 0.6) is 0 Å². The summed E-state index contributed by atoms with van der Waals surface area (Å²) in [4.78, 5) is 10.7. The third kappa shape index (κ3) is 2.47. The van der Waals surface area contributed by atoms with Gasteiger partial charge in [0.25, 0.3) is 0 Å². The van der Waals surface area contributed by atoms with E-state index in [1.54, 1.807) is 0 Å². The lowest BCUT2D eigenvalue weighted by molar-refractivity contribution is 0.111. The first kappa shape index (κ1) is 11.0. The van der Waals surface area contributed by atoms with Gasteiger partial charge in [-0.2, -0.15) is 0 Å². The summed E-state index contributed by atoms with van der Waals surface area (Å²) in [5.41, 5.74) is 0.779. The number of nitrogens with zero attached hydrogens (tertiary/aromatic N) is 1. The van der Waals surface area contributed by atoms with Crippen LogP contribution in [-0.2, 0) is 0 Å². The topological polar surface area (TPSA) is 22.0 Å². The van der Waals surface area contributed by atoms with Crippen molar-refractivity contribution < 1.29 is 4.79 Å². The van der Waals surface area contributed by atoms with Crippen molar-refractivity contribution in [2.24, 2.45) is 5.92 Å². The maximum Gasteiger partial charge on any atom is 0.166 e. The summed E-state index contributed by atoms with van der Waals surface area (Å²) in [5, 5.41) is 0. The highest BCUT2D eigenvalue weighted by Gasteiger charge is 2.10. The van der Waals surface area contributed by atoms with Crippen molar-refractivity contribution in [3.8, 4) is 0 Å². The van der Waals surface area contributed by atoms with Gasteiger partial charge in [-0.3, -0.25) is 4.79 Å². The third-order valence-electron chi connectivity index (χ3n) is 2.85. The molecule has 2 unspecified atom stereocenters. The molecule has 0 aromatic carbocycles. The molecule has 0 amide bonds. The Morgan fingerprint density at radius 1 is 1.50 bits per heavy atom. The Morgan fingerprint density at radius 3 is 2.79 bits per heavy atom. The van der Waals surface area contributed by atoms with Crippen LogP contribution >= 0.6 is 0 Å². The van der Waals surface area contributed by atoms with Gasteiger partial charge in [0.2, 0.25) is 0 Å². The van der Waals surface area contributed by atoms with Gasteiger partial charge in [-0.05, 0) is 31.4 Å². The van der Waals surface area contributed by atoms with Crippen LogP contribution in [0.15, 0.2) is 18.3 Å². The van der Waals surface area contributed by atoms with Gasteiger partial charge in [0.05, 0.1) is 5.69 Å². The van der Waals surface area contributed by atoms with E-state index in [9.17, 15) is 4.79 Å². The third-order valence-corrected chi connectivity index (χ3v) is 2.85. The highest BCUT2D eigenvalue weighted by atomic mass is 16.1. The van der Waals surface area contributed by atoms with Crippen molar-refractivity contribution >= 4 is 6.29 Å². The zero-order valence-corrected chi connectivity index (χ0v) is 9.23. The van der Waals surface area contributed by atoms with Crippen LogP contribution in [0.4, 0.5) is 0 Å². The van der Waals surface area contributed by atoms with Crippen LogP contribution in [0, 0.1) is 5.92 Å². The number of carbonyl (C=O) groups is 1. The minimum absolute atomic E-state index is 0.417. The Hall–Kier alpha value is -1.05. The van der Waals surface area contributed by atoms with Crippen LogP contribution in [0.3, 0.4) is 0 Å². The number of aldehydes is 1. The van der Waals surface area contributed by atoms with Crippen molar-refractivity contribution in [3.05, 3.63) is 24.0 Å². The molecule has 0 aliphatic carbocycles. The maximum atomic E-state index is 10.7. The number of carbonyl (C=O) groups excluding carboxylic acids is 1. The van der Waals surface area contributed by atoms with Crippen molar-refractivity contribution in [1.29, 1.82) is 0 Å². The van der Waals surface area contributed by atoms with E-state index < -0.39 is 0 Å². The molecule has 2 nitrogen and oxygen atoms in total. The fourth-order valence-corrected chi connectivity index (χ4v) is 1.77. The van der Waals surface area contributed by atoms with E-state index in [0.717, 1.165) is 18.4 Å². The van der Waals surface area contributed by atoms with Gasteiger partial charge in [0.15, 0.2) is 6.29 Å². The fraction of sp³-hybridized carbons (Fsp3) is 0.583. The summed E-state index contributed by atoms with van der Waals surface area (Å²) >= 11 is 0. The fourth-order valence-electron chi connectivity index (χ4n) is 1.77. The molecule has 1 aromatic heterocycles. The quantitative estimate of drug-likeness (QED) is 0.658. The Labute approximate surface area is 85.9 Å². The summed E-state index contributed by atoms with van der Waals surface area (Å²) in [6.07, 6.45) is 5.23. The molecule has 14 heavy (non-hydrogen) atoms. The van der Waals surface area contributed by atoms with Crippen LogP contribution in [0.1, 0.15) is 50.1 Å². The minimum atomic E-state index is 0.417. The van der Waals surface area contributed by atoms with Gasteiger partial charge in [0, 0.05) is 12.2 Å². The molecule has 0 N–H and O–H groups in total. The summed E-state index contributed by atoms with van der Waals surface area (Å²) in [6.45, 7) is 6.62. The zero-order chi connectivity index (χ0) is 10.6. The largest absolute Gasteiger partial charge is 0.343 e. The Balaban J connectivity index is 2.68. The summed E-state index contributed by atoms with van der Waals surface area (Å²) in [6, 6.07) is 4.21. The standard InChI is InChI=1S/C12H19NO/c1-4-10(2)8-11(3)13-7-5-6-12(13)9-14/h5-7,9-11H,4,8H2,1-3H3. The molecule has 1 aromatic rings. The van der Waals surface area contributed by atoms with Gasteiger partial charge in [-0.1, -0.05) is 20.3 Å². The molecule has 0 aliphatic heterocycles. The van der Waals surface area contributed by atoms with Gasteiger partial charge < -0.3 is 4.57 Å². The van der Waals surface area contributed by atoms with Crippen LogP contribution in [0.2, 0.25) is 0 Å². The van der Waals surface area contributed by atoms with E-state index in [-0.39, 0.29) is 0 Å². The molecule has 0 saturated heterocycles. The van der Waals surface area contributed by atoms with Crippen molar-refractivity contribution in [2.45, 2.75) is 39.7 Å². The highest BCUT2D eigenvalue weighted by molar-refractivity contribution is 5.72. The van der Waals surface area contributed by atoms with E-state index in [1.165, 1.54) is 6.42 Å². The lowest BCUT2D eigenvalue weighted by Crippen LogP contribution is -2.10. The number of hydrogen-bond donors (Lipinski definition) is 0. The molecule has 0 aliphatic rings. The van der Waals surface area contributed by atoms with Gasteiger partial charge >= 0.3 is 0 Å². The number of hydrogen-bond acceptors (Lipinski definition) is 1. The van der Waals surface area contributed by atoms with E-state index in [0.29, 0.717) is 12.0 Å². The first-order valence-electron chi connectivity index (χ1n) is 5.31. The molecule has 78 valence electrons. The van der Waals surface area contributed by atoms with Gasteiger partial charge in [0.1, 0.15) is 0 Å². The minimum Gasteiger partial charge on any atom is -0.343 e. The van der Waals surface area contributed by atoms with Crippen LogP contribution < -0.4 is 0 Å². The second-order valence-corrected chi connectivity index (χ2v) is 4.06. The molecule has 1 rings (SSSR count). The van der Waals surface area contributed by atoms with Crippen molar-refractivity contribution in [2.75, 3.05) is 0 Å².